The van der Waals surface area contributed by atoms with Crippen molar-refractivity contribution in [1.29, 1.82) is 0 Å². The molecule has 0 fully saturated rings. The molecule has 0 bridgehead atoms. The smallest absolute Gasteiger partial charge is 0.270 e. The van der Waals surface area contributed by atoms with Gasteiger partial charge in [-0.1, -0.05) is 22.8 Å². The molecule has 0 aliphatic heterocycles. The van der Waals surface area contributed by atoms with E-state index in [-0.39, 0.29) is 10.7 Å². The van der Waals surface area contributed by atoms with Crippen molar-refractivity contribution in [2.24, 2.45) is 5.16 Å². The Morgan fingerprint density at radius 2 is 2.36 bits per heavy atom. The molecule has 0 unspecified atom stereocenters. The Bertz CT molecular complexity index is 382. The van der Waals surface area contributed by atoms with Gasteiger partial charge in [-0.15, -0.1) is 0 Å². The standard InChI is InChI=1S/C8H6ClFN2O2/c9-5-2-1-3-6(8(5)10)12-7(13)4-11-14/h1-4,14H,(H,12,13). The first-order valence-electron chi connectivity index (χ1n) is 3.57. The number of nitrogens with one attached hydrogen (secondary N) is 1. The van der Waals surface area contributed by atoms with Crippen LogP contribution in [0.3, 0.4) is 0 Å². The number of carbonyl (C=O) groups excluding carboxylic acids is 1. The Balaban J connectivity index is 2.87. The van der Waals surface area contributed by atoms with Gasteiger partial charge in [-0.2, -0.15) is 0 Å². The van der Waals surface area contributed by atoms with Gasteiger partial charge in [-0.3, -0.25) is 4.79 Å². The van der Waals surface area contributed by atoms with Gasteiger partial charge < -0.3 is 10.5 Å². The average Bonchev–Trinajstić information content (AvgIpc) is 2.13. The van der Waals surface area contributed by atoms with Gasteiger partial charge in [0.05, 0.1) is 10.7 Å². The van der Waals surface area contributed by atoms with Crippen molar-refractivity contribution in [3.8, 4) is 0 Å². The Hall–Kier alpha value is -1.62. The van der Waals surface area contributed by atoms with Crippen molar-refractivity contribution in [3.05, 3.63) is 29.0 Å². The summed E-state index contributed by atoms with van der Waals surface area (Å²) in [5.74, 6) is -1.47. The normalized spacial score (nSPS) is 10.4. The molecule has 14 heavy (non-hydrogen) atoms. The van der Waals surface area contributed by atoms with Gasteiger partial charge in [-0.05, 0) is 12.1 Å². The van der Waals surface area contributed by atoms with E-state index in [1.165, 1.54) is 18.2 Å². The molecule has 0 heterocycles. The van der Waals surface area contributed by atoms with Crippen molar-refractivity contribution in [2.75, 3.05) is 5.32 Å². The SMILES string of the molecule is O=C(C=NO)Nc1cccc(Cl)c1F. The van der Waals surface area contributed by atoms with Crippen LogP contribution in [0.15, 0.2) is 23.4 Å². The number of hydrogen-bond acceptors (Lipinski definition) is 3. The molecule has 4 nitrogen and oxygen atoms in total. The highest BCUT2D eigenvalue weighted by Gasteiger charge is 2.07. The summed E-state index contributed by atoms with van der Waals surface area (Å²) in [5, 5.41) is 12.6. The molecule has 0 saturated heterocycles. The largest absolute Gasteiger partial charge is 0.411 e. The molecule has 1 amide bonds. The molecular formula is C8H6ClFN2O2. The second kappa shape index (κ2) is 4.57. The maximum Gasteiger partial charge on any atom is 0.270 e. The summed E-state index contributed by atoms with van der Waals surface area (Å²) in [6.45, 7) is 0. The molecule has 0 radical (unpaired) electrons. The molecule has 1 aromatic carbocycles. The van der Waals surface area contributed by atoms with Crippen molar-refractivity contribution >= 4 is 29.4 Å². The first-order chi connectivity index (χ1) is 6.65. The van der Waals surface area contributed by atoms with Crippen LogP contribution in [0.5, 0.6) is 0 Å². The molecule has 1 aromatic rings. The van der Waals surface area contributed by atoms with E-state index in [9.17, 15) is 9.18 Å². The lowest BCUT2D eigenvalue weighted by molar-refractivity contribution is -0.110. The summed E-state index contributed by atoms with van der Waals surface area (Å²) in [4.78, 5) is 10.8. The zero-order valence-corrected chi connectivity index (χ0v) is 7.62. The fourth-order valence-electron chi connectivity index (χ4n) is 0.818. The maximum atomic E-state index is 13.1. The van der Waals surface area contributed by atoms with Crippen LogP contribution in [0.2, 0.25) is 5.02 Å². The lowest BCUT2D eigenvalue weighted by atomic mass is 10.3. The summed E-state index contributed by atoms with van der Waals surface area (Å²) in [6, 6.07) is 4.17. The minimum absolute atomic E-state index is 0.0672. The summed E-state index contributed by atoms with van der Waals surface area (Å²) in [6.07, 6.45) is 0.611. The van der Waals surface area contributed by atoms with E-state index in [2.05, 4.69) is 10.5 Å². The summed E-state index contributed by atoms with van der Waals surface area (Å²) in [5.41, 5.74) is -0.0672. The number of carbonyl (C=O) groups is 1. The quantitative estimate of drug-likeness (QED) is 0.450. The van der Waals surface area contributed by atoms with Crippen LogP contribution in [0, 0.1) is 5.82 Å². The predicted molar refractivity (Wildman–Crippen MR) is 50.3 cm³/mol. The van der Waals surface area contributed by atoms with Crippen molar-refractivity contribution < 1.29 is 14.4 Å². The zero-order valence-electron chi connectivity index (χ0n) is 6.87. The highest BCUT2D eigenvalue weighted by atomic mass is 35.5. The number of amides is 1. The third-order valence-corrected chi connectivity index (χ3v) is 1.68. The summed E-state index contributed by atoms with van der Waals surface area (Å²) in [7, 11) is 0. The number of oxime groups is 1. The molecule has 1 rings (SSSR count). The van der Waals surface area contributed by atoms with Crippen LogP contribution >= 0.6 is 11.6 Å². The molecule has 6 heteroatoms. The van der Waals surface area contributed by atoms with Crippen LogP contribution in [-0.2, 0) is 4.79 Å². The number of halogens is 2. The maximum absolute atomic E-state index is 13.1. The summed E-state index contributed by atoms with van der Waals surface area (Å²) < 4.78 is 13.1. The monoisotopic (exact) mass is 216 g/mol. The second-order valence-electron chi connectivity index (χ2n) is 2.34. The van der Waals surface area contributed by atoms with Crippen molar-refractivity contribution in [1.82, 2.24) is 0 Å². The van der Waals surface area contributed by atoms with Gasteiger partial charge in [0.2, 0.25) is 0 Å². The van der Waals surface area contributed by atoms with Crippen LogP contribution in [0.4, 0.5) is 10.1 Å². The van der Waals surface area contributed by atoms with E-state index in [1.54, 1.807) is 0 Å². The van der Waals surface area contributed by atoms with Gasteiger partial charge in [0, 0.05) is 0 Å². The molecule has 2 N–H and O–H groups in total. The molecule has 0 aromatic heterocycles. The molecule has 0 spiro atoms. The Labute approximate surface area is 84.0 Å². The lowest BCUT2D eigenvalue weighted by Crippen LogP contribution is -2.13. The lowest BCUT2D eigenvalue weighted by Gasteiger charge is -2.03. The van der Waals surface area contributed by atoms with E-state index >= 15 is 0 Å². The van der Waals surface area contributed by atoms with Gasteiger partial charge in [0.1, 0.15) is 6.21 Å². The number of hydrogen-bond donors (Lipinski definition) is 2. The van der Waals surface area contributed by atoms with Crippen LogP contribution < -0.4 is 5.32 Å². The zero-order chi connectivity index (χ0) is 10.6. The van der Waals surface area contributed by atoms with Gasteiger partial charge in [0.25, 0.3) is 5.91 Å². The Kier molecular flexibility index (Phi) is 3.41. The molecular weight excluding hydrogens is 211 g/mol. The van der Waals surface area contributed by atoms with Crippen molar-refractivity contribution in [2.45, 2.75) is 0 Å². The van der Waals surface area contributed by atoms with E-state index < -0.39 is 11.7 Å². The highest BCUT2D eigenvalue weighted by molar-refractivity contribution is 6.33. The molecule has 0 aliphatic carbocycles. The second-order valence-corrected chi connectivity index (χ2v) is 2.74. The molecule has 0 atom stereocenters. The first kappa shape index (κ1) is 10.5. The molecule has 0 aliphatic rings. The number of anilines is 1. The number of benzene rings is 1. The van der Waals surface area contributed by atoms with Gasteiger partial charge in [-0.25, -0.2) is 4.39 Å². The molecule has 74 valence electrons. The predicted octanol–water partition coefficient (Wildman–Crippen LogP) is 1.88. The minimum atomic E-state index is -0.742. The van der Waals surface area contributed by atoms with Crippen LogP contribution in [-0.4, -0.2) is 17.3 Å². The van der Waals surface area contributed by atoms with E-state index in [4.69, 9.17) is 16.8 Å². The van der Waals surface area contributed by atoms with E-state index in [0.29, 0.717) is 6.21 Å². The van der Waals surface area contributed by atoms with Gasteiger partial charge >= 0.3 is 0 Å². The van der Waals surface area contributed by atoms with Crippen LogP contribution in [0.25, 0.3) is 0 Å². The third-order valence-electron chi connectivity index (χ3n) is 1.38. The summed E-state index contributed by atoms with van der Waals surface area (Å²) >= 11 is 5.47. The molecule has 0 saturated carbocycles. The number of rotatable bonds is 2. The minimum Gasteiger partial charge on any atom is -0.411 e. The van der Waals surface area contributed by atoms with E-state index in [1.807, 2.05) is 0 Å². The Morgan fingerprint density at radius 1 is 1.64 bits per heavy atom. The third kappa shape index (κ3) is 2.43. The average molecular weight is 217 g/mol. The van der Waals surface area contributed by atoms with Gasteiger partial charge in [0.15, 0.2) is 5.82 Å². The first-order valence-corrected chi connectivity index (χ1v) is 3.95. The fraction of sp³-hybridized carbons (Fsp3) is 0. The Morgan fingerprint density at radius 3 is 3.00 bits per heavy atom. The van der Waals surface area contributed by atoms with Crippen LogP contribution in [0.1, 0.15) is 0 Å². The fourth-order valence-corrected chi connectivity index (χ4v) is 0.992. The number of nitrogens with zero attached hydrogens (tertiary/aromatic N) is 1. The van der Waals surface area contributed by atoms with E-state index in [0.717, 1.165) is 0 Å². The topological polar surface area (TPSA) is 61.7 Å². The highest BCUT2D eigenvalue weighted by Crippen LogP contribution is 2.21. The van der Waals surface area contributed by atoms with Crippen molar-refractivity contribution in [3.63, 3.8) is 0 Å².